The molecule has 0 aliphatic heterocycles. The van der Waals surface area contributed by atoms with Crippen molar-refractivity contribution in [2.75, 3.05) is 6.61 Å². The van der Waals surface area contributed by atoms with E-state index in [1.807, 2.05) is 71.0 Å². The summed E-state index contributed by atoms with van der Waals surface area (Å²) in [4.78, 5) is 27.5. The Bertz CT molecular complexity index is 888. The van der Waals surface area contributed by atoms with Crippen LogP contribution in [-0.2, 0) is 16.1 Å². The van der Waals surface area contributed by atoms with Crippen LogP contribution in [0.4, 0.5) is 0 Å². The van der Waals surface area contributed by atoms with Crippen molar-refractivity contribution < 1.29 is 14.3 Å². The van der Waals surface area contributed by atoms with Crippen molar-refractivity contribution in [3.63, 3.8) is 0 Å². The van der Waals surface area contributed by atoms with Gasteiger partial charge in [-0.25, -0.2) is 0 Å². The molecule has 2 rings (SSSR count). The first-order chi connectivity index (χ1) is 14.6. The van der Waals surface area contributed by atoms with E-state index in [0.29, 0.717) is 12.3 Å². The van der Waals surface area contributed by atoms with Gasteiger partial charge in [0.15, 0.2) is 6.61 Å². The number of halogens is 1. The molecule has 0 aliphatic rings. The molecule has 0 aromatic heterocycles. The monoisotopic (exact) mass is 488 g/mol. The summed E-state index contributed by atoms with van der Waals surface area (Å²) >= 11 is 3.54. The second-order valence-electron chi connectivity index (χ2n) is 8.16. The highest BCUT2D eigenvalue weighted by molar-refractivity contribution is 9.10. The summed E-state index contributed by atoms with van der Waals surface area (Å²) < 4.78 is 6.84. The Kier molecular flexibility index (Phi) is 9.11. The molecule has 0 radical (unpaired) electrons. The van der Waals surface area contributed by atoms with Gasteiger partial charge in [0.25, 0.3) is 5.91 Å². The van der Waals surface area contributed by atoms with E-state index in [-0.39, 0.29) is 24.5 Å². The fourth-order valence-corrected chi connectivity index (χ4v) is 3.38. The Morgan fingerprint density at radius 2 is 1.65 bits per heavy atom. The van der Waals surface area contributed by atoms with Crippen molar-refractivity contribution >= 4 is 27.7 Å². The quantitative estimate of drug-likeness (QED) is 0.534. The van der Waals surface area contributed by atoms with Crippen LogP contribution in [0.5, 0.6) is 5.75 Å². The molecule has 31 heavy (non-hydrogen) atoms. The van der Waals surface area contributed by atoms with Gasteiger partial charge in [0.2, 0.25) is 5.91 Å². The van der Waals surface area contributed by atoms with Gasteiger partial charge in [0.05, 0.1) is 0 Å². The minimum atomic E-state index is -0.611. The number of ether oxygens (including phenoxy) is 1. The predicted octanol–water partition coefficient (Wildman–Crippen LogP) is 5.09. The van der Waals surface area contributed by atoms with Gasteiger partial charge in [-0.1, -0.05) is 52.7 Å². The summed E-state index contributed by atoms with van der Waals surface area (Å²) in [6, 6.07) is 11.2. The first-order valence-corrected chi connectivity index (χ1v) is 11.5. The Hall–Kier alpha value is -2.34. The van der Waals surface area contributed by atoms with E-state index in [4.69, 9.17) is 4.74 Å². The maximum atomic E-state index is 13.1. The minimum Gasteiger partial charge on any atom is -0.484 e. The van der Waals surface area contributed by atoms with E-state index in [0.717, 1.165) is 33.1 Å². The molecule has 5 nitrogen and oxygen atoms in total. The molecule has 2 aromatic carbocycles. The van der Waals surface area contributed by atoms with Crippen molar-refractivity contribution in [3.8, 4) is 5.75 Å². The van der Waals surface area contributed by atoms with Gasteiger partial charge in [-0.3, -0.25) is 9.59 Å². The van der Waals surface area contributed by atoms with Gasteiger partial charge in [-0.2, -0.15) is 0 Å². The van der Waals surface area contributed by atoms with Crippen molar-refractivity contribution in [2.45, 2.75) is 66.6 Å². The highest BCUT2D eigenvalue weighted by Gasteiger charge is 2.27. The molecule has 2 amide bonds. The van der Waals surface area contributed by atoms with Crippen LogP contribution in [0.2, 0.25) is 0 Å². The van der Waals surface area contributed by atoms with Crippen LogP contribution in [-0.4, -0.2) is 35.4 Å². The van der Waals surface area contributed by atoms with Gasteiger partial charge in [-0.05, 0) is 69.9 Å². The largest absolute Gasteiger partial charge is 0.484 e. The molecule has 0 bridgehead atoms. The molecule has 2 atom stereocenters. The van der Waals surface area contributed by atoms with Crippen LogP contribution in [0.1, 0.15) is 49.4 Å². The molecule has 0 saturated carbocycles. The summed E-state index contributed by atoms with van der Waals surface area (Å²) in [5.74, 6) is 0.245. The number of nitrogens with one attached hydrogen (secondary N) is 1. The van der Waals surface area contributed by atoms with Crippen LogP contribution in [0, 0.1) is 20.8 Å². The smallest absolute Gasteiger partial charge is 0.261 e. The Labute approximate surface area is 194 Å². The summed E-state index contributed by atoms with van der Waals surface area (Å²) in [6.45, 7) is 11.9. The van der Waals surface area contributed by atoms with Crippen LogP contribution in [0.3, 0.4) is 0 Å². The van der Waals surface area contributed by atoms with Crippen molar-refractivity contribution in [1.82, 2.24) is 10.2 Å². The molecule has 0 spiro atoms. The average Bonchev–Trinajstić information content (AvgIpc) is 2.74. The Balaban J connectivity index is 2.18. The van der Waals surface area contributed by atoms with Gasteiger partial charge < -0.3 is 15.0 Å². The Morgan fingerprint density at radius 1 is 1.06 bits per heavy atom. The summed E-state index contributed by atoms with van der Waals surface area (Å²) in [6.07, 6.45) is 0.829. The number of carbonyl (C=O) groups excluding carboxylic acids is 2. The lowest BCUT2D eigenvalue weighted by Gasteiger charge is -2.29. The predicted molar refractivity (Wildman–Crippen MR) is 128 cm³/mol. The molecule has 0 saturated heterocycles. The zero-order valence-corrected chi connectivity index (χ0v) is 20.9. The Morgan fingerprint density at radius 3 is 2.19 bits per heavy atom. The fraction of sp³-hybridized carbons (Fsp3) is 0.440. The number of benzene rings is 2. The number of amides is 2. The fourth-order valence-electron chi connectivity index (χ4n) is 3.16. The number of rotatable bonds is 9. The van der Waals surface area contributed by atoms with Crippen LogP contribution < -0.4 is 10.1 Å². The van der Waals surface area contributed by atoms with E-state index in [2.05, 4.69) is 21.2 Å². The highest BCUT2D eigenvalue weighted by atomic mass is 79.9. The number of nitrogens with zero attached hydrogens (tertiary/aromatic N) is 1. The SMILES string of the molecule is CC[C@@H](C)NC(=O)[C@@H](C)N(Cc1ccc(C)cc1)C(=O)COc1cc(C)c(Br)c(C)c1. The second-order valence-corrected chi connectivity index (χ2v) is 8.95. The van der Waals surface area contributed by atoms with Crippen LogP contribution in [0.25, 0.3) is 0 Å². The number of aryl methyl sites for hydroxylation is 3. The van der Waals surface area contributed by atoms with Crippen molar-refractivity contribution in [1.29, 1.82) is 0 Å². The molecule has 0 aliphatic carbocycles. The van der Waals surface area contributed by atoms with Gasteiger partial charge in [0, 0.05) is 17.1 Å². The maximum absolute atomic E-state index is 13.1. The number of hydrogen-bond acceptors (Lipinski definition) is 3. The van der Waals surface area contributed by atoms with Crippen LogP contribution >= 0.6 is 15.9 Å². The highest BCUT2D eigenvalue weighted by Crippen LogP contribution is 2.26. The standard InChI is InChI=1S/C25H33BrN2O3/c1-7-19(5)27-25(30)20(6)28(14-21-10-8-16(2)9-11-21)23(29)15-31-22-12-17(3)24(26)18(4)13-22/h8-13,19-20H,7,14-15H2,1-6H3,(H,27,30)/t19-,20-/m1/s1. The van der Waals surface area contributed by atoms with Gasteiger partial charge in [0.1, 0.15) is 11.8 Å². The lowest BCUT2D eigenvalue weighted by atomic mass is 10.1. The van der Waals surface area contributed by atoms with Gasteiger partial charge in [-0.15, -0.1) is 0 Å². The number of hydrogen-bond donors (Lipinski definition) is 1. The third-order valence-electron chi connectivity index (χ3n) is 5.41. The zero-order chi connectivity index (χ0) is 23.1. The van der Waals surface area contributed by atoms with E-state index in [1.165, 1.54) is 0 Å². The van der Waals surface area contributed by atoms with Crippen molar-refractivity contribution in [2.24, 2.45) is 0 Å². The van der Waals surface area contributed by atoms with Crippen LogP contribution in [0.15, 0.2) is 40.9 Å². The zero-order valence-electron chi connectivity index (χ0n) is 19.3. The summed E-state index contributed by atoms with van der Waals surface area (Å²) in [5, 5.41) is 2.98. The number of carbonyl (C=O) groups is 2. The average molecular weight is 489 g/mol. The molecule has 1 N–H and O–H groups in total. The summed E-state index contributed by atoms with van der Waals surface area (Å²) in [5.41, 5.74) is 4.20. The second kappa shape index (κ2) is 11.3. The van der Waals surface area contributed by atoms with E-state index in [9.17, 15) is 9.59 Å². The minimum absolute atomic E-state index is 0.0521. The first kappa shape index (κ1) is 24.9. The molecule has 0 fully saturated rings. The third kappa shape index (κ3) is 7.10. The summed E-state index contributed by atoms with van der Waals surface area (Å²) in [7, 11) is 0. The van der Waals surface area contributed by atoms with E-state index in [1.54, 1.807) is 11.8 Å². The molecule has 0 unspecified atom stereocenters. The third-order valence-corrected chi connectivity index (χ3v) is 6.66. The lowest BCUT2D eigenvalue weighted by Crippen LogP contribution is -2.50. The first-order valence-electron chi connectivity index (χ1n) is 10.7. The molecule has 6 heteroatoms. The normalized spacial score (nSPS) is 12.7. The van der Waals surface area contributed by atoms with Crippen molar-refractivity contribution in [3.05, 3.63) is 63.1 Å². The topological polar surface area (TPSA) is 58.6 Å². The lowest BCUT2D eigenvalue weighted by molar-refractivity contribution is -0.142. The molecular formula is C25H33BrN2O3. The molecule has 2 aromatic rings. The molecule has 168 valence electrons. The van der Waals surface area contributed by atoms with E-state index >= 15 is 0 Å². The van der Waals surface area contributed by atoms with Gasteiger partial charge >= 0.3 is 0 Å². The molecular weight excluding hydrogens is 456 g/mol. The maximum Gasteiger partial charge on any atom is 0.261 e. The molecule has 0 heterocycles. The van der Waals surface area contributed by atoms with E-state index < -0.39 is 6.04 Å².